The van der Waals surface area contributed by atoms with Crippen LogP contribution in [0.15, 0.2) is 82.7 Å². The van der Waals surface area contributed by atoms with Gasteiger partial charge in [0.2, 0.25) is 5.91 Å². The highest BCUT2D eigenvalue weighted by Gasteiger charge is 2.21. The number of thioether (sulfide) groups is 1. The first-order valence-electron chi connectivity index (χ1n) is 11.3. The zero-order chi connectivity index (χ0) is 23.5. The summed E-state index contributed by atoms with van der Waals surface area (Å²) in [5, 5.41) is 1.29. The van der Waals surface area contributed by atoms with Gasteiger partial charge >= 0.3 is 0 Å². The molecule has 34 heavy (non-hydrogen) atoms. The highest BCUT2D eigenvalue weighted by molar-refractivity contribution is 7.98. The van der Waals surface area contributed by atoms with Crippen LogP contribution >= 0.6 is 11.8 Å². The Hall–Kier alpha value is -3.58. The van der Waals surface area contributed by atoms with E-state index in [0.717, 1.165) is 35.5 Å². The molecule has 1 amide bonds. The Balaban J connectivity index is 1.41. The molecule has 4 aromatic rings. The highest BCUT2D eigenvalue weighted by Crippen LogP contribution is 2.26. The van der Waals surface area contributed by atoms with Gasteiger partial charge in [-0.3, -0.25) is 14.2 Å². The predicted octanol–water partition coefficient (Wildman–Crippen LogP) is 4.87. The van der Waals surface area contributed by atoms with Crippen LogP contribution in [0.3, 0.4) is 0 Å². The second-order valence-electron chi connectivity index (χ2n) is 8.25. The number of aromatic nitrogens is 2. The number of ether oxygens (including phenoxy) is 1. The summed E-state index contributed by atoms with van der Waals surface area (Å²) in [6, 6.07) is 23.3. The van der Waals surface area contributed by atoms with Crippen molar-refractivity contribution in [3.05, 3.63) is 94.3 Å². The monoisotopic (exact) mass is 471 g/mol. The van der Waals surface area contributed by atoms with E-state index < -0.39 is 0 Å². The summed E-state index contributed by atoms with van der Waals surface area (Å²) in [6.07, 6.45) is 1.53. The largest absolute Gasteiger partial charge is 0.497 e. The van der Waals surface area contributed by atoms with Crippen LogP contribution < -0.4 is 15.2 Å². The molecule has 7 heteroatoms. The van der Waals surface area contributed by atoms with Crippen molar-refractivity contribution in [2.24, 2.45) is 0 Å². The Morgan fingerprint density at radius 1 is 0.941 bits per heavy atom. The normalized spacial score (nSPS) is 13.6. The first kappa shape index (κ1) is 22.2. The number of carbonyl (C=O) groups is 1. The number of carbonyl (C=O) groups excluding carboxylic acids is 1. The van der Waals surface area contributed by atoms with Crippen LogP contribution in [0.2, 0.25) is 0 Å². The summed E-state index contributed by atoms with van der Waals surface area (Å²) in [6.45, 7) is 1.21. The standard InChI is InChI=1S/C27H25N3O3S/c1-33-22-14-10-19(11-15-22)17-30-26(32)23-5-2-3-6-24(23)28-27(30)34-18-20-8-12-21(13-9-20)29-16-4-7-25(29)31/h2-3,5-6,8-15H,4,7,16-18H2,1H3. The Morgan fingerprint density at radius 3 is 2.38 bits per heavy atom. The fourth-order valence-corrected chi connectivity index (χ4v) is 5.11. The SMILES string of the molecule is COc1ccc(Cn2c(SCc3ccc(N4CCCC4=O)cc3)nc3ccccc3c2=O)cc1. The molecule has 6 nitrogen and oxygen atoms in total. The summed E-state index contributed by atoms with van der Waals surface area (Å²) in [7, 11) is 1.64. The van der Waals surface area contributed by atoms with E-state index in [4.69, 9.17) is 9.72 Å². The molecule has 1 fully saturated rings. The number of anilines is 1. The number of amides is 1. The lowest BCUT2D eigenvalue weighted by atomic mass is 10.2. The third-order valence-corrected chi connectivity index (χ3v) is 7.06. The van der Waals surface area contributed by atoms with Crippen molar-refractivity contribution in [3.63, 3.8) is 0 Å². The molecule has 0 N–H and O–H groups in total. The molecular weight excluding hydrogens is 446 g/mol. The highest BCUT2D eigenvalue weighted by atomic mass is 32.2. The van der Waals surface area contributed by atoms with Crippen molar-refractivity contribution in [3.8, 4) is 5.75 Å². The van der Waals surface area contributed by atoms with Crippen LogP contribution in [0, 0.1) is 0 Å². The first-order valence-corrected chi connectivity index (χ1v) is 12.3. The van der Waals surface area contributed by atoms with Crippen molar-refractivity contribution in [2.75, 3.05) is 18.6 Å². The summed E-state index contributed by atoms with van der Waals surface area (Å²) in [5.74, 6) is 1.63. The molecular formula is C27H25N3O3S. The zero-order valence-electron chi connectivity index (χ0n) is 18.9. The van der Waals surface area contributed by atoms with E-state index in [-0.39, 0.29) is 11.5 Å². The molecule has 1 aliphatic heterocycles. The topological polar surface area (TPSA) is 64.4 Å². The van der Waals surface area contributed by atoms with E-state index in [2.05, 4.69) is 0 Å². The van der Waals surface area contributed by atoms with Gasteiger partial charge in [-0.25, -0.2) is 4.98 Å². The van der Waals surface area contributed by atoms with Gasteiger partial charge in [0.25, 0.3) is 5.56 Å². The number of nitrogens with zero attached hydrogens (tertiary/aromatic N) is 3. The van der Waals surface area contributed by atoms with Crippen LogP contribution in [0.4, 0.5) is 5.69 Å². The van der Waals surface area contributed by atoms with Gasteiger partial charge in [0.15, 0.2) is 5.16 Å². The van der Waals surface area contributed by atoms with Gasteiger partial charge < -0.3 is 9.64 Å². The minimum atomic E-state index is -0.0492. The number of rotatable bonds is 7. The fraction of sp³-hybridized carbons (Fsp3) is 0.222. The first-order chi connectivity index (χ1) is 16.6. The average Bonchev–Trinajstić information content (AvgIpc) is 3.31. The van der Waals surface area contributed by atoms with E-state index >= 15 is 0 Å². The van der Waals surface area contributed by atoms with Crippen LogP contribution in [0.5, 0.6) is 5.75 Å². The van der Waals surface area contributed by atoms with Crippen molar-refractivity contribution in [1.29, 1.82) is 0 Å². The van der Waals surface area contributed by atoms with E-state index in [1.165, 1.54) is 0 Å². The van der Waals surface area contributed by atoms with Crippen molar-refractivity contribution < 1.29 is 9.53 Å². The van der Waals surface area contributed by atoms with Crippen molar-refractivity contribution in [2.45, 2.75) is 30.3 Å². The molecule has 0 unspecified atom stereocenters. The number of methoxy groups -OCH3 is 1. The van der Waals surface area contributed by atoms with E-state index in [1.807, 2.05) is 77.7 Å². The summed E-state index contributed by atoms with van der Waals surface area (Å²) < 4.78 is 6.99. The zero-order valence-corrected chi connectivity index (χ0v) is 19.8. The van der Waals surface area contributed by atoms with Gasteiger partial charge in [-0.2, -0.15) is 0 Å². The molecule has 1 aromatic heterocycles. The van der Waals surface area contributed by atoms with Gasteiger partial charge in [-0.05, 0) is 53.9 Å². The minimum Gasteiger partial charge on any atom is -0.497 e. The van der Waals surface area contributed by atoms with Crippen LogP contribution in [0.1, 0.15) is 24.0 Å². The molecule has 5 rings (SSSR count). The second kappa shape index (κ2) is 9.73. The van der Waals surface area contributed by atoms with Gasteiger partial charge in [-0.1, -0.05) is 48.2 Å². The molecule has 1 saturated heterocycles. The van der Waals surface area contributed by atoms with Crippen molar-refractivity contribution in [1.82, 2.24) is 9.55 Å². The smallest absolute Gasteiger partial charge is 0.262 e. The molecule has 2 heterocycles. The number of hydrogen-bond donors (Lipinski definition) is 0. The Bertz CT molecular complexity index is 1380. The molecule has 1 aliphatic rings. The summed E-state index contributed by atoms with van der Waals surface area (Å²) in [5.41, 5.74) is 3.70. The maximum atomic E-state index is 13.4. The maximum absolute atomic E-state index is 13.4. The molecule has 0 atom stereocenters. The lowest BCUT2D eigenvalue weighted by Gasteiger charge is -2.16. The summed E-state index contributed by atoms with van der Waals surface area (Å²) >= 11 is 1.54. The third-order valence-electron chi connectivity index (χ3n) is 6.02. The van der Waals surface area contributed by atoms with E-state index in [1.54, 1.807) is 23.4 Å². The maximum Gasteiger partial charge on any atom is 0.262 e. The molecule has 0 spiro atoms. The van der Waals surface area contributed by atoms with Gasteiger partial charge in [0.1, 0.15) is 5.75 Å². The Kier molecular flexibility index (Phi) is 6.36. The molecule has 0 radical (unpaired) electrons. The molecule has 0 bridgehead atoms. The van der Waals surface area contributed by atoms with Gasteiger partial charge in [-0.15, -0.1) is 0 Å². The fourth-order valence-electron chi connectivity index (χ4n) is 4.15. The third kappa shape index (κ3) is 4.56. The van der Waals surface area contributed by atoms with Crippen molar-refractivity contribution >= 4 is 34.3 Å². The minimum absolute atomic E-state index is 0.0492. The molecule has 3 aromatic carbocycles. The van der Waals surface area contributed by atoms with Crippen LogP contribution in [-0.4, -0.2) is 29.1 Å². The molecule has 0 aliphatic carbocycles. The predicted molar refractivity (Wildman–Crippen MR) is 136 cm³/mol. The lowest BCUT2D eigenvalue weighted by molar-refractivity contribution is -0.117. The number of para-hydroxylation sites is 1. The average molecular weight is 472 g/mol. The number of hydrogen-bond acceptors (Lipinski definition) is 5. The van der Waals surface area contributed by atoms with E-state index in [9.17, 15) is 9.59 Å². The van der Waals surface area contributed by atoms with Crippen LogP contribution in [-0.2, 0) is 17.1 Å². The number of benzene rings is 3. The Labute approximate surface area is 202 Å². The quantitative estimate of drug-likeness (QED) is 0.284. The molecule has 0 saturated carbocycles. The lowest BCUT2D eigenvalue weighted by Crippen LogP contribution is -2.24. The van der Waals surface area contributed by atoms with Crippen LogP contribution in [0.25, 0.3) is 10.9 Å². The summed E-state index contributed by atoms with van der Waals surface area (Å²) in [4.78, 5) is 32.0. The van der Waals surface area contributed by atoms with E-state index in [0.29, 0.717) is 34.8 Å². The Morgan fingerprint density at radius 2 is 1.68 bits per heavy atom. The number of fused-ring (bicyclic) bond motifs is 1. The van der Waals surface area contributed by atoms with Gasteiger partial charge in [0, 0.05) is 24.4 Å². The van der Waals surface area contributed by atoms with Gasteiger partial charge in [0.05, 0.1) is 24.6 Å². The molecule has 172 valence electrons. The second-order valence-corrected chi connectivity index (χ2v) is 9.20.